The molecule has 1 fully saturated rings. The zero-order valence-electron chi connectivity index (χ0n) is 14.7. The average molecular weight is 351 g/mol. The van der Waals surface area contributed by atoms with E-state index in [9.17, 15) is 14.7 Å². The summed E-state index contributed by atoms with van der Waals surface area (Å²) >= 11 is 0. The van der Waals surface area contributed by atoms with Crippen LogP contribution in [0.25, 0.3) is 11.1 Å². The summed E-state index contributed by atoms with van der Waals surface area (Å²) in [4.78, 5) is 25.5. The lowest BCUT2D eigenvalue weighted by atomic mass is 9.75. The van der Waals surface area contributed by atoms with Crippen molar-refractivity contribution >= 4 is 11.8 Å². The van der Waals surface area contributed by atoms with Crippen LogP contribution in [-0.4, -0.2) is 28.5 Å². The van der Waals surface area contributed by atoms with Gasteiger partial charge in [-0.15, -0.1) is 0 Å². The largest absolute Gasteiger partial charge is 0.509 e. The third kappa shape index (κ3) is 2.23. The lowest BCUT2D eigenvalue weighted by Gasteiger charge is -2.42. The Hall–Kier alpha value is -2.82. The van der Waals surface area contributed by atoms with E-state index in [2.05, 4.69) is 0 Å². The van der Waals surface area contributed by atoms with Crippen LogP contribution in [0.4, 0.5) is 0 Å². The fourth-order valence-corrected chi connectivity index (χ4v) is 4.35. The number of esters is 1. The van der Waals surface area contributed by atoms with Crippen molar-refractivity contribution < 1.29 is 19.4 Å². The molecule has 0 radical (unpaired) electrons. The lowest BCUT2D eigenvalue weighted by Crippen LogP contribution is -2.45. The number of nitrogens with zero attached hydrogens (tertiary/aromatic N) is 1. The van der Waals surface area contributed by atoms with E-state index in [0.29, 0.717) is 18.5 Å². The minimum atomic E-state index is -0.774. The molecule has 0 atom stereocenters. The number of benzene rings is 1. The molecule has 1 aliphatic heterocycles. The Balaban J connectivity index is 1.98. The van der Waals surface area contributed by atoms with Crippen molar-refractivity contribution in [2.24, 2.45) is 0 Å². The van der Waals surface area contributed by atoms with Gasteiger partial charge in [-0.05, 0) is 24.5 Å². The van der Waals surface area contributed by atoms with Gasteiger partial charge in [0.1, 0.15) is 16.9 Å². The molecule has 26 heavy (non-hydrogen) atoms. The molecule has 1 aromatic carbocycles. The number of carbonyl (C=O) groups excluding carboxylic acids is 2. The molecular formula is C21H21NO4. The Labute approximate surface area is 151 Å². The van der Waals surface area contributed by atoms with Crippen LogP contribution >= 0.6 is 0 Å². The van der Waals surface area contributed by atoms with Gasteiger partial charge in [-0.25, -0.2) is 4.79 Å². The highest BCUT2D eigenvalue weighted by atomic mass is 16.5. The Morgan fingerprint density at radius 3 is 2.46 bits per heavy atom. The molecule has 0 saturated heterocycles. The number of ether oxygens (including phenoxy) is 1. The molecule has 0 unspecified atom stereocenters. The highest BCUT2D eigenvalue weighted by Gasteiger charge is 2.49. The fraction of sp³-hybridized carbons (Fsp3) is 0.333. The van der Waals surface area contributed by atoms with Crippen molar-refractivity contribution in [1.29, 1.82) is 0 Å². The van der Waals surface area contributed by atoms with Crippen LogP contribution in [0.1, 0.15) is 42.6 Å². The van der Waals surface area contributed by atoms with Gasteiger partial charge in [0.25, 0.3) is 0 Å². The van der Waals surface area contributed by atoms with Crippen LogP contribution in [0, 0.1) is 0 Å². The summed E-state index contributed by atoms with van der Waals surface area (Å²) < 4.78 is 6.70. The molecule has 2 aliphatic rings. The van der Waals surface area contributed by atoms with Crippen LogP contribution in [0.15, 0.2) is 53.9 Å². The molecule has 2 aromatic rings. The first kappa shape index (κ1) is 16.6. The molecular weight excluding hydrogens is 330 g/mol. The van der Waals surface area contributed by atoms with E-state index in [4.69, 9.17) is 4.74 Å². The van der Waals surface area contributed by atoms with Gasteiger partial charge in [0, 0.05) is 11.8 Å². The van der Waals surface area contributed by atoms with Gasteiger partial charge >= 0.3 is 5.97 Å². The zero-order valence-corrected chi connectivity index (χ0v) is 14.7. The normalized spacial score (nSPS) is 18.7. The molecule has 5 heteroatoms. The second-order valence-corrected chi connectivity index (χ2v) is 6.95. The molecule has 0 amide bonds. The molecule has 1 spiro atoms. The van der Waals surface area contributed by atoms with Crippen LogP contribution < -0.4 is 0 Å². The molecule has 5 nitrogen and oxygen atoms in total. The second kappa shape index (κ2) is 6.16. The Kier molecular flexibility index (Phi) is 3.94. The van der Waals surface area contributed by atoms with Crippen molar-refractivity contribution in [2.45, 2.75) is 37.6 Å². The Morgan fingerprint density at radius 1 is 1.12 bits per heavy atom. The molecule has 1 N–H and O–H groups in total. The first-order chi connectivity index (χ1) is 12.6. The molecule has 1 aliphatic carbocycles. The monoisotopic (exact) mass is 351 g/mol. The van der Waals surface area contributed by atoms with Crippen molar-refractivity contribution in [1.82, 2.24) is 4.57 Å². The predicted molar refractivity (Wildman–Crippen MR) is 96.9 cm³/mol. The van der Waals surface area contributed by atoms with Crippen molar-refractivity contribution in [3.8, 4) is 11.1 Å². The summed E-state index contributed by atoms with van der Waals surface area (Å²) in [5.41, 5.74) is 1.17. The van der Waals surface area contributed by atoms with Crippen LogP contribution in [0.3, 0.4) is 0 Å². The Morgan fingerprint density at radius 2 is 1.81 bits per heavy atom. The number of methoxy groups -OCH3 is 1. The minimum absolute atomic E-state index is 0.142. The number of aromatic nitrogens is 1. The Bertz CT molecular complexity index is 901. The number of hydrogen-bond acceptors (Lipinski definition) is 4. The number of allylic oxidation sites excluding steroid dienone is 1. The van der Waals surface area contributed by atoms with Gasteiger partial charge in [-0.3, -0.25) is 4.79 Å². The van der Waals surface area contributed by atoms with E-state index in [1.54, 1.807) is 0 Å². The van der Waals surface area contributed by atoms with E-state index in [-0.39, 0.29) is 11.3 Å². The maximum atomic E-state index is 13.2. The number of carbonyl (C=O) groups is 2. The third-order valence-corrected chi connectivity index (χ3v) is 5.62. The van der Waals surface area contributed by atoms with E-state index >= 15 is 0 Å². The molecule has 134 valence electrons. The van der Waals surface area contributed by atoms with Crippen LogP contribution in [-0.2, 0) is 15.1 Å². The third-order valence-electron chi connectivity index (χ3n) is 5.62. The van der Waals surface area contributed by atoms with Crippen molar-refractivity contribution in [3.63, 3.8) is 0 Å². The molecule has 1 aromatic heterocycles. The maximum Gasteiger partial charge on any atom is 0.345 e. The predicted octanol–water partition coefficient (Wildman–Crippen LogP) is 4.00. The van der Waals surface area contributed by atoms with Crippen molar-refractivity contribution in [2.75, 3.05) is 7.11 Å². The summed E-state index contributed by atoms with van der Waals surface area (Å²) in [6, 6.07) is 11.5. The highest BCUT2D eigenvalue weighted by molar-refractivity contribution is 6.26. The number of aliphatic hydroxyl groups is 1. The van der Waals surface area contributed by atoms with E-state index in [0.717, 1.165) is 30.4 Å². The SMILES string of the molecule is COC(=O)C1=C(O)C2(CCCCC2)n2ccc(-c3ccccc3)c2C1=O. The van der Waals surface area contributed by atoms with Gasteiger partial charge in [0.05, 0.1) is 12.8 Å². The van der Waals surface area contributed by atoms with Gasteiger partial charge in [-0.2, -0.15) is 0 Å². The summed E-state index contributed by atoms with van der Waals surface area (Å²) in [6.45, 7) is 0. The topological polar surface area (TPSA) is 68.5 Å². The van der Waals surface area contributed by atoms with Crippen LogP contribution in [0.5, 0.6) is 0 Å². The van der Waals surface area contributed by atoms with Gasteiger partial charge < -0.3 is 14.4 Å². The summed E-state index contributed by atoms with van der Waals surface area (Å²) in [5, 5.41) is 11.0. The summed E-state index contributed by atoms with van der Waals surface area (Å²) in [5.74, 6) is -1.39. The second-order valence-electron chi connectivity index (χ2n) is 6.95. The first-order valence-electron chi connectivity index (χ1n) is 8.94. The maximum absolute atomic E-state index is 13.2. The smallest absolute Gasteiger partial charge is 0.345 e. The number of aliphatic hydroxyl groups excluding tert-OH is 1. The van der Waals surface area contributed by atoms with Crippen LogP contribution in [0.2, 0.25) is 0 Å². The summed E-state index contributed by atoms with van der Waals surface area (Å²) in [6.07, 6.45) is 6.21. The van der Waals surface area contributed by atoms with Gasteiger partial charge in [0.2, 0.25) is 5.78 Å². The van der Waals surface area contributed by atoms with E-state index in [1.807, 2.05) is 47.2 Å². The number of hydrogen-bond donors (Lipinski definition) is 1. The number of rotatable bonds is 2. The van der Waals surface area contributed by atoms with E-state index < -0.39 is 17.3 Å². The zero-order chi connectivity index (χ0) is 18.3. The fourth-order valence-electron chi connectivity index (χ4n) is 4.35. The number of ketones is 1. The number of fused-ring (bicyclic) bond motifs is 2. The average Bonchev–Trinajstić information content (AvgIpc) is 3.14. The molecule has 2 heterocycles. The van der Waals surface area contributed by atoms with Gasteiger partial charge in [-0.1, -0.05) is 49.6 Å². The summed E-state index contributed by atoms with van der Waals surface area (Å²) in [7, 11) is 1.23. The first-order valence-corrected chi connectivity index (χ1v) is 8.94. The van der Waals surface area contributed by atoms with Gasteiger partial charge in [0.15, 0.2) is 0 Å². The standard InChI is InChI=1S/C21H21NO4/c1-26-20(25)16-18(23)17-15(14-8-4-2-5-9-14)10-13-22(17)21(19(16)24)11-6-3-7-12-21/h2,4-5,8-10,13,24H,3,6-7,11-12H2,1H3. The molecule has 1 saturated carbocycles. The lowest BCUT2D eigenvalue weighted by molar-refractivity contribution is -0.136. The molecule has 4 rings (SSSR count). The quantitative estimate of drug-likeness (QED) is 0.656. The van der Waals surface area contributed by atoms with Crippen molar-refractivity contribution in [3.05, 3.63) is 59.6 Å². The number of Topliss-reactive ketones (excluding diaryl/α,β-unsaturated/α-hetero) is 1. The highest BCUT2D eigenvalue weighted by Crippen LogP contribution is 2.47. The molecule has 0 bridgehead atoms. The van der Waals surface area contributed by atoms with E-state index in [1.165, 1.54) is 7.11 Å². The minimum Gasteiger partial charge on any atom is -0.509 e.